The molecule has 1 unspecified atom stereocenters. The van der Waals surface area contributed by atoms with Crippen molar-refractivity contribution < 1.29 is 0 Å². The van der Waals surface area contributed by atoms with Crippen LogP contribution >= 0.6 is 23.2 Å². The fourth-order valence-electron chi connectivity index (χ4n) is 2.39. The highest BCUT2D eigenvalue weighted by Crippen LogP contribution is 2.30. The molecule has 114 valence electrons. The molecule has 1 heterocycles. The van der Waals surface area contributed by atoms with Crippen molar-refractivity contribution in [2.24, 2.45) is 7.05 Å². The molecule has 1 aromatic carbocycles. The number of benzene rings is 1. The highest BCUT2D eigenvalue weighted by atomic mass is 35.5. The van der Waals surface area contributed by atoms with E-state index < -0.39 is 0 Å². The summed E-state index contributed by atoms with van der Waals surface area (Å²) >= 11 is 12.4. The van der Waals surface area contributed by atoms with Crippen LogP contribution in [0.25, 0.3) is 0 Å². The molecular weight excluding hydrogens is 305 g/mol. The quantitative estimate of drug-likeness (QED) is 0.857. The highest BCUT2D eigenvalue weighted by Gasteiger charge is 2.18. The van der Waals surface area contributed by atoms with Gasteiger partial charge in [0, 0.05) is 24.3 Å². The average molecular weight is 326 g/mol. The smallest absolute Gasteiger partial charge is 0.0624 e. The van der Waals surface area contributed by atoms with E-state index in [0.717, 1.165) is 24.9 Å². The van der Waals surface area contributed by atoms with E-state index in [1.807, 2.05) is 36.1 Å². The summed E-state index contributed by atoms with van der Waals surface area (Å²) in [7, 11) is 1.96. The van der Waals surface area contributed by atoms with Crippen LogP contribution in [0.3, 0.4) is 0 Å². The first-order chi connectivity index (χ1) is 10.0. The van der Waals surface area contributed by atoms with Crippen LogP contribution in [0.4, 0.5) is 0 Å². The first-order valence-corrected chi connectivity index (χ1v) is 7.95. The Morgan fingerprint density at radius 2 is 2.10 bits per heavy atom. The monoisotopic (exact) mass is 325 g/mol. The number of nitrogens with zero attached hydrogens (tertiary/aromatic N) is 2. The fourth-order valence-corrected chi connectivity index (χ4v) is 2.79. The van der Waals surface area contributed by atoms with Gasteiger partial charge in [-0.15, -0.1) is 0 Å². The predicted octanol–water partition coefficient (Wildman–Crippen LogP) is 4.32. The lowest BCUT2D eigenvalue weighted by Gasteiger charge is -2.19. The summed E-state index contributed by atoms with van der Waals surface area (Å²) in [6.45, 7) is 5.20. The van der Waals surface area contributed by atoms with Gasteiger partial charge in [-0.2, -0.15) is 5.10 Å². The zero-order chi connectivity index (χ0) is 15.4. The average Bonchev–Trinajstić information content (AvgIpc) is 2.80. The van der Waals surface area contributed by atoms with Crippen molar-refractivity contribution in [2.75, 3.05) is 6.54 Å². The molecule has 1 aromatic heterocycles. The van der Waals surface area contributed by atoms with Crippen LogP contribution in [-0.2, 0) is 13.5 Å². The summed E-state index contributed by atoms with van der Waals surface area (Å²) in [5, 5.41) is 9.17. The Morgan fingerprint density at radius 3 is 2.71 bits per heavy atom. The standard InChI is InChI=1S/C16H21Cl2N3/c1-4-8-19-15(13-10-20-21(3)11(13)2)9-12-6-5-7-14(17)16(12)18/h5-7,10,15,19H,4,8-9H2,1-3H3. The van der Waals surface area contributed by atoms with Gasteiger partial charge in [-0.25, -0.2) is 0 Å². The SMILES string of the molecule is CCCNC(Cc1cccc(Cl)c1Cl)c1cnn(C)c1C. The number of nitrogens with one attached hydrogen (secondary N) is 1. The Hall–Kier alpha value is -1.03. The Bertz CT molecular complexity index is 608. The molecule has 5 heteroatoms. The van der Waals surface area contributed by atoms with Crippen molar-refractivity contribution in [1.82, 2.24) is 15.1 Å². The van der Waals surface area contributed by atoms with Crippen LogP contribution < -0.4 is 5.32 Å². The molecule has 2 rings (SSSR count). The van der Waals surface area contributed by atoms with Gasteiger partial charge in [-0.05, 0) is 37.9 Å². The van der Waals surface area contributed by atoms with Gasteiger partial charge in [-0.1, -0.05) is 42.3 Å². The van der Waals surface area contributed by atoms with Gasteiger partial charge < -0.3 is 5.32 Å². The third kappa shape index (κ3) is 3.79. The van der Waals surface area contributed by atoms with E-state index in [-0.39, 0.29) is 6.04 Å². The maximum absolute atomic E-state index is 6.32. The third-order valence-corrected chi connectivity index (χ3v) is 4.60. The molecule has 1 N–H and O–H groups in total. The van der Waals surface area contributed by atoms with Gasteiger partial charge in [0.15, 0.2) is 0 Å². The van der Waals surface area contributed by atoms with Gasteiger partial charge in [0.05, 0.1) is 16.2 Å². The molecule has 0 bridgehead atoms. The molecular formula is C16H21Cl2N3. The third-order valence-electron chi connectivity index (χ3n) is 3.74. The zero-order valence-electron chi connectivity index (χ0n) is 12.7. The van der Waals surface area contributed by atoms with Gasteiger partial charge >= 0.3 is 0 Å². The summed E-state index contributed by atoms with van der Waals surface area (Å²) in [6.07, 6.45) is 3.81. The maximum Gasteiger partial charge on any atom is 0.0624 e. The van der Waals surface area contributed by atoms with Crippen molar-refractivity contribution >= 4 is 23.2 Å². The van der Waals surface area contributed by atoms with Crippen molar-refractivity contribution in [3.8, 4) is 0 Å². The van der Waals surface area contributed by atoms with E-state index in [2.05, 4.69) is 24.3 Å². The minimum Gasteiger partial charge on any atom is -0.310 e. The lowest BCUT2D eigenvalue weighted by molar-refractivity contribution is 0.526. The molecule has 21 heavy (non-hydrogen) atoms. The molecule has 0 fully saturated rings. The molecule has 0 saturated heterocycles. The van der Waals surface area contributed by atoms with Crippen LogP contribution in [0.15, 0.2) is 24.4 Å². The second kappa shape index (κ2) is 7.30. The van der Waals surface area contributed by atoms with Gasteiger partial charge in [0.1, 0.15) is 0 Å². The summed E-state index contributed by atoms with van der Waals surface area (Å²) in [6, 6.07) is 5.98. The summed E-state index contributed by atoms with van der Waals surface area (Å²) in [5.74, 6) is 0. The number of aromatic nitrogens is 2. The number of rotatable bonds is 6. The fraction of sp³-hybridized carbons (Fsp3) is 0.438. The van der Waals surface area contributed by atoms with Crippen molar-refractivity contribution in [1.29, 1.82) is 0 Å². The van der Waals surface area contributed by atoms with Crippen molar-refractivity contribution in [3.05, 3.63) is 51.3 Å². The van der Waals surface area contributed by atoms with Crippen LogP contribution in [0.1, 0.15) is 36.2 Å². The van der Waals surface area contributed by atoms with E-state index in [1.165, 1.54) is 11.3 Å². The van der Waals surface area contributed by atoms with Gasteiger partial charge in [0.25, 0.3) is 0 Å². The first kappa shape index (κ1) is 16.3. The Morgan fingerprint density at radius 1 is 1.33 bits per heavy atom. The predicted molar refractivity (Wildman–Crippen MR) is 89.1 cm³/mol. The van der Waals surface area contributed by atoms with Gasteiger partial charge in [-0.3, -0.25) is 4.68 Å². The normalized spacial score (nSPS) is 12.6. The summed E-state index contributed by atoms with van der Waals surface area (Å²) in [4.78, 5) is 0. The molecule has 0 aliphatic rings. The Kier molecular flexibility index (Phi) is 5.68. The Balaban J connectivity index is 2.28. The molecule has 0 saturated carbocycles. The number of hydrogen-bond donors (Lipinski definition) is 1. The molecule has 3 nitrogen and oxygen atoms in total. The molecule has 2 aromatic rings. The van der Waals surface area contributed by atoms with E-state index in [4.69, 9.17) is 23.2 Å². The maximum atomic E-state index is 6.32. The minimum absolute atomic E-state index is 0.189. The second-order valence-electron chi connectivity index (χ2n) is 5.23. The van der Waals surface area contributed by atoms with E-state index in [9.17, 15) is 0 Å². The highest BCUT2D eigenvalue weighted by molar-refractivity contribution is 6.42. The summed E-state index contributed by atoms with van der Waals surface area (Å²) < 4.78 is 1.90. The number of hydrogen-bond acceptors (Lipinski definition) is 2. The zero-order valence-corrected chi connectivity index (χ0v) is 14.2. The lowest BCUT2D eigenvalue weighted by Crippen LogP contribution is -2.24. The molecule has 0 aliphatic heterocycles. The minimum atomic E-state index is 0.189. The number of halogens is 2. The molecule has 1 atom stereocenters. The molecule has 0 amide bonds. The molecule has 0 radical (unpaired) electrons. The van der Waals surface area contributed by atoms with E-state index >= 15 is 0 Å². The van der Waals surface area contributed by atoms with Crippen LogP contribution in [0.2, 0.25) is 10.0 Å². The van der Waals surface area contributed by atoms with Crippen molar-refractivity contribution in [3.63, 3.8) is 0 Å². The van der Waals surface area contributed by atoms with Crippen LogP contribution in [0.5, 0.6) is 0 Å². The molecule has 0 aliphatic carbocycles. The van der Waals surface area contributed by atoms with Crippen molar-refractivity contribution in [2.45, 2.75) is 32.7 Å². The largest absolute Gasteiger partial charge is 0.310 e. The van der Waals surface area contributed by atoms with E-state index in [1.54, 1.807) is 0 Å². The van der Waals surface area contributed by atoms with Crippen LogP contribution in [-0.4, -0.2) is 16.3 Å². The van der Waals surface area contributed by atoms with Gasteiger partial charge in [0.2, 0.25) is 0 Å². The summed E-state index contributed by atoms with van der Waals surface area (Å²) in [5.41, 5.74) is 3.43. The van der Waals surface area contributed by atoms with Crippen LogP contribution in [0, 0.1) is 6.92 Å². The second-order valence-corrected chi connectivity index (χ2v) is 6.02. The van der Waals surface area contributed by atoms with E-state index in [0.29, 0.717) is 10.0 Å². The number of aryl methyl sites for hydroxylation is 1. The first-order valence-electron chi connectivity index (χ1n) is 7.19. The Labute approximate surface area is 136 Å². The molecule has 0 spiro atoms. The lowest BCUT2D eigenvalue weighted by atomic mass is 9.99. The topological polar surface area (TPSA) is 29.9 Å².